The van der Waals surface area contributed by atoms with E-state index in [4.69, 9.17) is 0 Å². The molecule has 0 aromatic carbocycles. The zero-order valence-corrected chi connectivity index (χ0v) is 10.5. The molecule has 2 N–H and O–H groups in total. The summed E-state index contributed by atoms with van der Waals surface area (Å²) in [6, 6.07) is 2.18. The Morgan fingerprint density at radius 1 is 1.56 bits per heavy atom. The molecular formula is C13H18N4O. The van der Waals surface area contributed by atoms with Gasteiger partial charge in [-0.3, -0.25) is 0 Å². The molecule has 1 aliphatic heterocycles. The van der Waals surface area contributed by atoms with E-state index in [1.807, 2.05) is 19.2 Å². The summed E-state index contributed by atoms with van der Waals surface area (Å²) in [5.41, 5.74) is 0.858. The van der Waals surface area contributed by atoms with Crippen molar-refractivity contribution in [3.05, 3.63) is 18.6 Å². The Bertz CT molecular complexity index is 539. The molecule has 5 nitrogen and oxygen atoms in total. The van der Waals surface area contributed by atoms with Crippen molar-refractivity contribution in [1.29, 1.82) is 0 Å². The Hall–Kier alpha value is -1.62. The number of rotatable bonds is 3. The number of hydrogen-bond acceptors (Lipinski definition) is 4. The number of anilines is 1. The zero-order valence-electron chi connectivity index (χ0n) is 10.5. The highest BCUT2D eigenvalue weighted by Gasteiger charge is 2.31. The molecule has 0 aliphatic carbocycles. The summed E-state index contributed by atoms with van der Waals surface area (Å²) in [6.07, 6.45) is 6.11. The van der Waals surface area contributed by atoms with Gasteiger partial charge in [-0.25, -0.2) is 9.97 Å². The van der Waals surface area contributed by atoms with E-state index in [-0.39, 0.29) is 12.1 Å². The molecular weight excluding hydrogens is 228 g/mol. The number of aliphatic hydroxyl groups is 1. The van der Waals surface area contributed by atoms with Crippen LogP contribution in [0.5, 0.6) is 0 Å². The van der Waals surface area contributed by atoms with E-state index >= 15 is 0 Å². The predicted molar refractivity (Wildman–Crippen MR) is 70.6 cm³/mol. The summed E-state index contributed by atoms with van der Waals surface area (Å²) in [7, 11) is 0. The minimum absolute atomic E-state index is 0.183. The van der Waals surface area contributed by atoms with Crippen LogP contribution < -0.4 is 4.90 Å². The molecule has 1 aliphatic rings. The van der Waals surface area contributed by atoms with Crippen LogP contribution >= 0.6 is 0 Å². The predicted octanol–water partition coefficient (Wildman–Crippen LogP) is 1.70. The maximum absolute atomic E-state index is 10.1. The second-order valence-corrected chi connectivity index (χ2v) is 4.82. The van der Waals surface area contributed by atoms with E-state index in [0.29, 0.717) is 0 Å². The van der Waals surface area contributed by atoms with E-state index in [0.717, 1.165) is 42.7 Å². The first-order chi connectivity index (χ1) is 8.81. The van der Waals surface area contributed by atoms with Crippen LogP contribution in [-0.4, -0.2) is 38.7 Å². The molecule has 3 heterocycles. The monoisotopic (exact) mass is 246 g/mol. The fourth-order valence-corrected chi connectivity index (χ4v) is 2.82. The minimum Gasteiger partial charge on any atom is -0.391 e. The molecule has 0 amide bonds. The van der Waals surface area contributed by atoms with Crippen LogP contribution in [0.15, 0.2) is 18.6 Å². The van der Waals surface area contributed by atoms with Crippen molar-refractivity contribution in [2.24, 2.45) is 0 Å². The largest absolute Gasteiger partial charge is 0.391 e. The first-order valence-corrected chi connectivity index (χ1v) is 6.54. The molecule has 3 rings (SSSR count). The number of aliphatic hydroxyl groups excluding tert-OH is 1. The molecule has 0 bridgehead atoms. The van der Waals surface area contributed by atoms with Gasteiger partial charge in [-0.05, 0) is 25.3 Å². The van der Waals surface area contributed by atoms with Crippen molar-refractivity contribution in [3.63, 3.8) is 0 Å². The van der Waals surface area contributed by atoms with Crippen molar-refractivity contribution in [2.45, 2.75) is 38.3 Å². The summed E-state index contributed by atoms with van der Waals surface area (Å²) >= 11 is 0. The maximum atomic E-state index is 10.1. The van der Waals surface area contributed by atoms with Crippen molar-refractivity contribution < 1.29 is 5.11 Å². The van der Waals surface area contributed by atoms with Crippen LogP contribution in [0, 0.1) is 0 Å². The Morgan fingerprint density at radius 3 is 3.28 bits per heavy atom. The molecule has 0 radical (unpaired) electrons. The zero-order chi connectivity index (χ0) is 12.5. The third kappa shape index (κ3) is 1.75. The quantitative estimate of drug-likeness (QED) is 0.865. The van der Waals surface area contributed by atoms with Gasteiger partial charge >= 0.3 is 0 Å². The number of hydrogen-bond donors (Lipinski definition) is 2. The lowest BCUT2D eigenvalue weighted by Gasteiger charge is -2.29. The van der Waals surface area contributed by atoms with Gasteiger partial charge in [0.2, 0.25) is 0 Å². The van der Waals surface area contributed by atoms with Crippen molar-refractivity contribution >= 4 is 16.9 Å². The molecule has 0 spiro atoms. The molecule has 2 atom stereocenters. The van der Waals surface area contributed by atoms with Gasteiger partial charge < -0.3 is 15.0 Å². The highest BCUT2D eigenvalue weighted by Crippen LogP contribution is 2.30. The molecule has 2 aromatic rings. The van der Waals surface area contributed by atoms with E-state index < -0.39 is 0 Å². The molecule has 96 valence electrons. The molecule has 1 saturated heterocycles. The van der Waals surface area contributed by atoms with Crippen molar-refractivity contribution in [1.82, 2.24) is 15.0 Å². The summed E-state index contributed by atoms with van der Waals surface area (Å²) in [4.78, 5) is 13.9. The van der Waals surface area contributed by atoms with Gasteiger partial charge in [0.1, 0.15) is 17.8 Å². The lowest BCUT2D eigenvalue weighted by atomic mass is 10.1. The minimum atomic E-state index is -0.281. The van der Waals surface area contributed by atoms with Gasteiger partial charge in [-0.2, -0.15) is 0 Å². The summed E-state index contributed by atoms with van der Waals surface area (Å²) in [6.45, 7) is 2.98. The van der Waals surface area contributed by atoms with Crippen LogP contribution in [0.1, 0.15) is 26.2 Å². The van der Waals surface area contributed by atoms with Gasteiger partial charge in [-0.1, -0.05) is 6.92 Å². The lowest BCUT2D eigenvalue weighted by molar-refractivity contribution is 0.141. The second kappa shape index (κ2) is 4.57. The van der Waals surface area contributed by atoms with Crippen LogP contribution in [-0.2, 0) is 0 Å². The number of H-pyrrole nitrogens is 1. The normalized spacial score (nSPS) is 21.7. The fourth-order valence-electron chi connectivity index (χ4n) is 2.82. The van der Waals surface area contributed by atoms with E-state index in [1.54, 1.807) is 6.33 Å². The number of aromatic nitrogens is 3. The SMILES string of the molecule is CC[C@@H](O)[C@H]1CCCN1c1ncnc2[nH]ccc12. The van der Waals surface area contributed by atoms with E-state index in [9.17, 15) is 5.11 Å². The van der Waals surface area contributed by atoms with Gasteiger partial charge in [-0.15, -0.1) is 0 Å². The van der Waals surface area contributed by atoms with Crippen LogP contribution in [0.2, 0.25) is 0 Å². The molecule has 0 saturated carbocycles. The van der Waals surface area contributed by atoms with Crippen LogP contribution in [0.4, 0.5) is 5.82 Å². The smallest absolute Gasteiger partial charge is 0.142 e. The third-order valence-electron chi connectivity index (χ3n) is 3.77. The number of fused-ring (bicyclic) bond motifs is 1. The number of aromatic amines is 1. The van der Waals surface area contributed by atoms with Crippen LogP contribution in [0.3, 0.4) is 0 Å². The molecule has 0 unspecified atom stereocenters. The first-order valence-electron chi connectivity index (χ1n) is 6.54. The topological polar surface area (TPSA) is 65.0 Å². The van der Waals surface area contributed by atoms with Gasteiger partial charge in [0.25, 0.3) is 0 Å². The average Bonchev–Trinajstić information content (AvgIpc) is 3.05. The number of nitrogens with one attached hydrogen (secondary N) is 1. The summed E-state index contributed by atoms with van der Waals surface area (Å²) in [5.74, 6) is 0.941. The first kappa shape index (κ1) is 11.5. The van der Waals surface area contributed by atoms with Crippen LogP contribution in [0.25, 0.3) is 11.0 Å². The Balaban J connectivity index is 2.00. The average molecular weight is 246 g/mol. The van der Waals surface area contributed by atoms with Gasteiger partial charge in [0.15, 0.2) is 0 Å². The number of nitrogens with zero attached hydrogens (tertiary/aromatic N) is 3. The van der Waals surface area contributed by atoms with Crippen molar-refractivity contribution in [3.8, 4) is 0 Å². The molecule has 1 fully saturated rings. The molecule has 2 aromatic heterocycles. The lowest BCUT2D eigenvalue weighted by Crippen LogP contribution is -2.39. The Labute approximate surface area is 106 Å². The van der Waals surface area contributed by atoms with E-state index in [2.05, 4.69) is 19.9 Å². The highest BCUT2D eigenvalue weighted by atomic mass is 16.3. The summed E-state index contributed by atoms with van der Waals surface area (Å²) in [5, 5.41) is 11.2. The van der Waals surface area contributed by atoms with Gasteiger partial charge in [0, 0.05) is 12.7 Å². The van der Waals surface area contributed by atoms with Gasteiger partial charge in [0.05, 0.1) is 17.5 Å². The third-order valence-corrected chi connectivity index (χ3v) is 3.77. The Kier molecular flexibility index (Phi) is 2.91. The van der Waals surface area contributed by atoms with E-state index in [1.165, 1.54) is 0 Å². The highest BCUT2D eigenvalue weighted by molar-refractivity contribution is 5.87. The standard InChI is InChI=1S/C13H18N4O/c1-2-11(18)10-4-3-7-17(10)13-9-5-6-14-12(9)15-8-16-13/h5-6,8,10-11,18H,2-4,7H2,1H3,(H,14,15,16)/t10-,11-/m1/s1. The summed E-state index contributed by atoms with van der Waals surface area (Å²) < 4.78 is 0. The molecule has 18 heavy (non-hydrogen) atoms. The Morgan fingerprint density at radius 2 is 2.44 bits per heavy atom. The fraction of sp³-hybridized carbons (Fsp3) is 0.538. The molecule has 5 heteroatoms. The second-order valence-electron chi connectivity index (χ2n) is 4.82. The maximum Gasteiger partial charge on any atom is 0.142 e. The van der Waals surface area contributed by atoms with Crippen molar-refractivity contribution in [2.75, 3.05) is 11.4 Å².